The van der Waals surface area contributed by atoms with Gasteiger partial charge < -0.3 is 20.1 Å². The van der Waals surface area contributed by atoms with Crippen LogP contribution in [0, 0.1) is 11.3 Å². The first-order valence-electron chi connectivity index (χ1n) is 7.48. The average Bonchev–Trinajstić information content (AvgIpc) is 2.36. The fourth-order valence-electron chi connectivity index (χ4n) is 2.39. The van der Waals surface area contributed by atoms with E-state index < -0.39 is 0 Å². The first-order valence-corrected chi connectivity index (χ1v) is 7.48. The molecule has 2 N–H and O–H groups in total. The Hall–Kier alpha value is -0.650. The van der Waals surface area contributed by atoms with Gasteiger partial charge in [0.15, 0.2) is 0 Å². The number of rotatable bonds is 9. The van der Waals surface area contributed by atoms with Crippen molar-refractivity contribution in [3.8, 4) is 0 Å². The van der Waals surface area contributed by atoms with Gasteiger partial charge in [-0.3, -0.25) is 4.79 Å². The number of ether oxygens (including phenoxy) is 2. The number of carbonyl (C=O) groups excluding carboxylic acids is 1. The van der Waals surface area contributed by atoms with Crippen LogP contribution in [0.3, 0.4) is 0 Å². The van der Waals surface area contributed by atoms with Gasteiger partial charge in [0, 0.05) is 31.7 Å². The molecule has 5 heteroatoms. The predicted molar refractivity (Wildman–Crippen MR) is 79.7 cm³/mol. The molecular formula is C15H30N2O3. The zero-order valence-electron chi connectivity index (χ0n) is 13.5. The molecule has 0 aromatic heterocycles. The van der Waals surface area contributed by atoms with Crippen molar-refractivity contribution in [2.45, 2.75) is 46.3 Å². The molecular weight excluding hydrogens is 256 g/mol. The summed E-state index contributed by atoms with van der Waals surface area (Å²) in [7, 11) is 1.62. The fraction of sp³-hybridized carbons (Fsp3) is 0.933. The molecule has 118 valence electrons. The Morgan fingerprint density at radius 2 is 2.10 bits per heavy atom. The summed E-state index contributed by atoms with van der Waals surface area (Å²) in [5, 5.41) is 6.13. The molecule has 1 fully saturated rings. The van der Waals surface area contributed by atoms with E-state index >= 15 is 0 Å². The Morgan fingerprint density at radius 1 is 1.40 bits per heavy atom. The van der Waals surface area contributed by atoms with E-state index in [0.29, 0.717) is 37.8 Å². The van der Waals surface area contributed by atoms with E-state index in [1.807, 2.05) is 0 Å². The minimum Gasteiger partial charge on any atom is -0.383 e. The minimum absolute atomic E-state index is 0.0180. The summed E-state index contributed by atoms with van der Waals surface area (Å²) in [5.41, 5.74) is 0.0850. The Labute approximate surface area is 122 Å². The van der Waals surface area contributed by atoms with Crippen LogP contribution in [-0.2, 0) is 14.3 Å². The van der Waals surface area contributed by atoms with Gasteiger partial charge in [-0.2, -0.15) is 0 Å². The average molecular weight is 286 g/mol. The lowest BCUT2D eigenvalue weighted by atomic mass is 9.64. The summed E-state index contributed by atoms with van der Waals surface area (Å²) in [6.07, 6.45) is 1.27. The molecule has 0 aromatic carbocycles. The van der Waals surface area contributed by atoms with Crippen molar-refractivity contribution in [3.05, 3.63) is 0 Å². The molecule has 0 aliphatic heterocycles. The molecule has 1 amide bonds. The van der Waals surface area contributed by atoms with Gasteiger partial charge >= 0.3 is 0 Å². The monoisotopic (exact) mass is 286 g/mol. The first kappa shape index (κ1) is 17.4. The van der Waals surface area contributed by atoms with Crippen LogP contribution in [-0.4, -0.2) is 51.5 Å². The van der Waals surface area contributed by atoms with Crippen LogP contribution in [0.4, 0.5) is 0 Å². The topological polar surface area (TPSA) is 59.6 Å². The fourth-order valence-corrected chi connectivity index (χ4v) is 2.39. The standard InChI is InChI=1S/C15H30N2O3/c1-11(2)10-20-13-8-12(15(13,3)4)17-9-14(18)16-6-7-19-5/h11-13,17H,6-10H2,1-5H3,(H,16,18). The Balaban J connectivity index is 2.21. The third kappa shape index (κ3) is 5.04. The molecule has 0 saturated heterocycles. The molecule has 2 atom stereocenters. The lowest BCUT2D eigenvalue weighted by molar-refractivity contribution is -0.130. The van der Waals surface area contributed by atoms with Gasteiger partial charge in [0.1, 0.15) is 0 Å². The van der Waals surface area contributed by atoms with Crippen molar-refractivity contribution in [1.29, 1.82) is 0 Å². The molecule has 0 heterocycles. The highest BCUT2D eigenvalue weighted by molar-refractivity contribution is 5.78. The van der Waals surface area contributed by atoms with E-state index in [9.17, 15) is 4.79 Å². The van der Waals surface area contributed by atoms with Crippen molar-refractivity contribution in [2.75, 3.05) is 33.4 Å². The van der Waals surface area contributed by atoms with Crippen LogP contribution in [0.15, 0.2) is 0 Å². The van der Waals surface area contributed by atoms with E-state index in [-0.39, 0.29) is 11.3 Å². The maximum Gasteiger partial charge on any atom is 0.234 e. The number of carbonyl (C=O) groups is 1. The molecule has 2 unspecified atom stereocenters. The third-order valence-electron chi connectivity index (χ3n) is 3.95. The van der Waals surface area contributed by atoms with Crippen LogP contribution >= 0.6 is 0 Å². The zero-order valence-corrected chi connectivity index (χ0v) is 13.5. The normalized spacial score (nSPS) is 24.5. The van der Waals surface area contributed by atoms with Crippen molar-refractivity contribution in [3.63, 3.8) is 0 Å². The SMILES string of the molecule is COCCNC(=O)CNC1CC(OCC(C)C)C1(C)C. The molecule has 0 radical (unpaired) electrons. The molecule has 0 aromatic rings. The van der Waals surface area contributed by atoms with Crippen molar-refractivity contribution in [1.82, 2.24) is 10.6 Å². The van der Waals surface area contributed by atoms with E-state index in [4.69, 9.17) is 9.47 Å². The molecule has 5 nitrogen and oxygen atoms in total. The van der Waals surface area contributed by atoms with Crippen LogP contribution in [0.25, 0.3) is 0 Å². The second-order valence-corrected chi connectivity index (χ2v) is 6.55. The van der Waals surface area contributed by atoms with Gasteiger partial charge in [0.05, 0.1) is 19.3 Å². The molecule has 1 aliphatic carbocycles. The van der Waals surface area contributed by atoms with Gasteiger partial charge in [0.25, 0.3) is 0 Å². The van der Waals surface area contributed by atoms with Crippen molar-refractivity contribution >= 4 is 5.91 Å². The summed E-state index contributed by atoms with van der Waals surface area (Å²) >= 11 is 0. The van der Waals surface area contributed by atoms with E-state index in [1.54, 1.807) is 7.11 Å². The van der Waals surface area contributed by atoms with Crippen molar-refractivity contribution < 1.29 is 14.3 Å². The second-order valence-electron chi connectivity index (χ2n) is 6.55. The highest BCUT2D eigenvalue weighted by Crippen LogP contribution is 2.42. The Kier molecular flexibility index (Phi) is 6.92. The van der Waals surface area contributed by atoms with Gasteiger partial charge in [-0.05, 0) is 12.3 Å². The smallest absolute Gasteiger partial charge is 0.234 e. The lowest BCUT2D eigenvalue weighted by Gasteiger charge is -2.52. The summed E-state index contributed by atoms with van der Waals surface area (Å²) in [6.45, 7) is 11.0. The summed E-state index contributed by atoms with van der Waals surface area (Å²) < 4.78 is 10.8. The molecule has 0 bridgehead atoms. The van der Waals surface area contributed by atoms with Crippen LogP contribution in [0.2, 0.25) is 0 Å². The Bertz CT molecular complexity index is 305. The van der Waals surface area contributed by atoms with Gasteiger partial charge in [-0.1, -0.05) is 27.7 Å². The van der Waals surface area contributed by atoms with Gasteiger partial charge in [0.2, 0.25) is 5.91 Å². The van der Waals surface area contributed by atoms with Crippen LogP contribution in [0.1, 0.15) is 34.1 Å². The maximum atomic E-state index is 11.6. The number of hydrogen-bond donors (Lipinski definition) is 2. The molecule has 0 spiro atoms. The van der Waals surface area contributed by atoms with E-state index in [1.165, 1.54) is 0 Å². The number of amides is 1. The largest absolute Gasteiger partial charge is 0.383 e. The summed E-state index contributed by atoms with van der Waals surface area (Å²) in [6, 6.07) is 0.341. The molecule has 1 saturated carbocycles. The summed E-state index contributed by atoms with van der Waals surface area (Å²) in [5.74, 6) is 0.578. The number of hydrogen-bond acceptors (Lipinski definition) is 4. The van der Waals surface area contributed by atoms with Crippen molar-refractivity contribution in [2.24, 2.45) is 11.3 Å². The quantitative estimate of drug-likeness (QED) is 0.625. The molecule has 1 rings (SSSR count). The lowest BCUT2D eigenvalue weighted by Crippen LogP contribution is -2.62. The van der Waals surface area contributed by atoms with Gasteiger partial charge in [-0.15, -0.1) is 0 Å². The zero-order chi connectivity index (χ0) is 15.2. The number of nitrogens with one attached hydrogen (secondary N) is 2. The predicted octanol–water partition coefficient (Wildman–Crippen LogP) is 1.18. The maximum absolute atomic E-state index is 11.6. The number of methoxy groups -OCH3 is 1. The highest BCUT2D eigenvalue weighted by atomic mass is 16.5. The minimum atomic E-state index is 0.0180. The summed E-state index contributed by atoms with van der Waals surface area (Å²) in [4.78, 5) is 11.6. The van der Waals surface area contributed by atoms with E-state index in [2.05, 4.69) is 38.3 Å². The third-order valence-corrected chi connectivity index (χ3v) is 3.95. The first-order chi connectivity index (χ1) is 9.37. The van der Waals surface area contributed by atoms with Gasteiger partial charge in [-0.25, -0.2) is 0 Å². The molecule has 1 aliphatic rings. The second kappa shape index (κ2) is 7.96. The van der Waals surface area contributed by atoms with Crippen LogP contribution < -0.4 is 10.6 Å². The molecule has 20 heavy (non-hydrogen) atoms. The highest BCUT2D eigenvalue weighted by Gasteiger charge is 2.48. The van der Waals surface area contributed by atoms with E-state index in [0.717, 1.165) is 13.0 Å². The Morgan fingerprint density at radius 3 is 2.65 bits per heavy atom. The van der Waals surface area contributed by atoms with Crippen LogP contribution in [0.5, 0.6) is 0 Å².